The summed E-state index contributed by atoms with van der Waals surface area (Å²) in [6.07, 6.45) is 0. The number of aliphatic hydroxyl groups excluding tert-OH is 1. The van der Waals surface area contributed by atoms with Gasteiger partial charge in [-0.1, -0.05) is 23.7 Å². The van der Waals surface area contributed by atoms with Crippen molar-refractivity contribution in [1.82, 2.24) is 9.97 Å². The summed E-state index contributed by atoms with van der Waals surface area (Å²) in [6.45, 7) is -0.221. The van der Waals surface area contributed by atoms with Crippen molar-refractivity contribution in [2.24, 2.45) is 0 Å². The summed E-state index contributed by atoms with van der Waals surface area (Å²) < 4.78 is 10.2. The van der Waals surface area contributed by atoms with E-state index in [1.807, 2.05) is 0 Å². The van der Waals surface area contributed by atoms with E-state index in [0.717, 1.165) is 0 Å². The molecule has 0 saturated heterocycles. The van der Waals surface area contributed by atoms with Gasteiger partial charge in [0.15, 0.2) is 0 Å². The first kappa shape index (κ1) is 15.3. The van der Waals surface area contributed by atoms with Crippen LogP contribution in [0.3, 0.4) is 0 Å². The van der Waals surface area contributed by atoms with Crippen LogP contribution in [0.15, 0.2) is 24.3 Å². The monoisotopic (exact) mass is 309 g/mol. The summed E-state index contributed by atoms with van der Waals surface area (Å²) >= 11 is 6.02. The number of rotatable bonds is 5. The highest BCUT2D eigenvalue weighted by atomic mass is 35.5. The zero-order valence-corrected chi connectivity index (χ0v) is 12.5. The Morgan fingerprint density at radius 3 is 2.38 bits per heavy atom. The lowest BCUT2D eigenvalue weighted by Crippen LogP contribution is -2.13. The van der Waals surface area contributed by atoms with Gasteiger partial charge in [-0.2, -0.15) is 9.97 Å². The Labute approximate surface area is 127 Å². The highest BCUT2D eigenvalue weighted by Crippen LogP contribution is 2.32. The molecule has 1 unspecified atom stereocenters. The van der Waals surface area contributed by atoms with Gasteiger partial charge in [-0.3, -0.25) is 0 Å². The number of ether oxygens (including phenoxy) is 2. The van der Waals surface area contributed by atoms with E-state index in [1.54, 1.807) is 24.3 Å². The average molecular weight is 310 g/mol. The third-order valence-corrected chi connectivity index (χ3v) is 3.40. The average Bonchev–Trinajstić information content (AvgIpc) is 2.51. The number of benzene rings is 1. The Morgan fingerprint density at radius 1 is 1.24 bits per heavy atom. The Morgan fingerprint density at radius 2 is 1.86 bits per heavy atom. The normalized spacial score (nSPS) is 12.0. The molecule has 0 bridgehead atoms. The zero-order chi connectivity index (χ0) is 15.4. The second kappa shape index (κ2) is 6.60. The number of nitrogens with two attached hydrogens (primary N) is 1. The first-order valence-corrected chi connectivity index (χ1v) is 6.60. The summed E-state index contributed by atoms with van der Waals surface area (Å²) in [6, 6.07) is 6.77. The highest BCUT2D eigenvalue weighted by molar-refractivity contribution is 6.33. The topological polar surface area (TPSA) is 90.5 Å². The number of aromatic nitrogens is 2. The van der Waals surface area contributed by atoms with E-state index in [0.29, 0.717) is 33.9 Å². The number of para-hydroxylation sites is 1. The van der Waals surface area contributed by atoms with Crippen LogP contribution in [0.2, 0.25) is 5.02 Å². The summed E-state index contributed by atoms with van der Waals surface area (Å²) in [5.74, 6) is 0.516. The molecule has 0 amide bonds. The predicted octanol–water partition coefficient (Wildman–Crippen LogP) is 1.85. The molecule has 6 nitrogen and oxygen atoms in total. The number of anilines is 1. The molecule has 0 radical (unpaired) electrons. The van der Waals surface area contributed by atoms with Gasteiger partial charge in [-0.15, -0.1) is 0 Å². The first-order valence-electron chi connectivity index (χ1n) is 6.22. The summed E-state index contributed by atoms with van der Waals surface area (Å²) in [7, 11) is 2.99. The molecule has 0 saturated carbocycles. The maximum Gasteiger partial charge on any atom is 0.220 e. The van der Waals surface area contributed by atoms with Crippen molar-refractivity contribution in [3.63, 3.8) is 0 Å². The third-order valence-electron chi connectivity index (χ3n) is 3.07. The minimum atomic E-state index is -0.521. The molecule has 1 aromatic heterocycles. The van der Waals surface area contributed by atoms with Crippen LogP contribution in [-0.2, 0) is 0 Å². The largest absolute Gasteiger partial charge is 0.481 e. The molecule has 0 fully saturated rings. The Hall–Kier alpha value is -2.05. The Balaban J connectivity index is 2.53. The van der Waals surface area contributed by atoms with Crippen LogP contribution in [0.5, 0.6) is 11.8 Å². The molecular weight excluding hydrogens is 294 g/mol. The molecule has 2 aromatic rings. The van der Waals surface area contributed by atoms with Crippen molar-refractivity contribution in [2.45, 2.75) is 5.92 Å². The van der Waals surface area contributed by atoms with E-state index in [2.05, 4.69) is 9.97 Å². The van der Waals surface area contributed by atoms with Crippen LogP contribution < -0.4 is 15.2 Å². The molecule has 0 aliphatic carbocycles. The molecule has 1 aromatic carbocycles. The quantitative estimate of drug-likeness (QED) is 0.819. The molecule has 112 valence electrons. The van der Waals surface area contributed by atoms with Crippen LogP contribution >= 0.6 is 11.6 Å². The van der Waals surface area contributed by atoms with E-state index in [4.69, 9.17) is 26.8 Å². The summed E-state index contributed by atoms with van der Waals surface area (Å²) in [4.78, 5) is 8.49. The van der Waals surface area contributed by atoms with Crippen molar-refractivity contribution in [3.05, 3.63) is 40.7 Å². The number of nitrogen functional groups attached to an aromatic ring is 1. The second-order valence-electron chi connectivity index (χ2n) is 4.29. The number of nitrogens with zero attached hydrogens (tertiary/aromatic N) is 2. The number of hydrogen-bond acceptors (Lipinski definition) is 6. The van der Waals surface area contributed by atoms with Crippen molar-refractivity contribution in [1.29, 1.82) is 0 Å². The highest BCUT2D eigenvalue weighted by Gasteiger charge is 2.21. The minimum Gasteiger partial charge on any atom is -0.481 e. The van der Waals surface area contributed by atoms with Gasteiger partial charge in [-0.05, 0) is 11.6 Å². The lowest BCUT2D eigenvalue weighted by molar-refractivity contribution is 0.274. The maximum absolute atomic E-state index is 9.72. The molecule has 0 aliphatic rings. The fourth-order valence-corrected chi connectivity index (χ4v) is 2.14. The Kier molecular flexibility index (Phi) is 4.82. The van der Waals surface area contributed by atoms with Crippen LogP contribution in [-0.4, -0.2) is 35.9 Å². The fourth-order valence-electron chi connectivity index (χ4n) is 1.96. The Bertz CT molecular complexity index is 615. The van der Waals surface area contributed by atoms with Gasteiger partial charge in [0.2, 0.25) is 11.8 Å². The lowest BCUT2D eigenvalue weighted by atomic mass is 9.97. The van der Waals surface area contributed by atoms with Crippen molar-refractivity contribution in [3.8, 4) is 11.8 Å². The van der Waals surface area contributed by atoms with E-state index in [-0.39, 0.29) is 6.61 Å². The number of halogens is 1. The molecule has 2 rings (SSSR count). The first-order chi connectivity index (χ1) is 10.1. The van der Waals surface area contributed by atoms with Crippen molar-refractivity contribution < 1.29 is 14.6 Å². The van der Waals surface area contributed by atoms with Crippen LogP contribution in [0.1, 0.15) is 17.3 Å². The van der Waals surface area contributed by atoms with Crippen LogP contribution in [0, 0.1) is 0 Å². The van der Waals surface area contributed by atoms with E-state index in [1.165, 1.54) is 14.2 Å². The lowest BCUT2D eigenvalue weighted by Gasteiger charge is -2.17. The third kappa shape index (κ3) is 3.17. The van der Waals surface area contributed by atoms with Gasteiger partial charge in [-0.25, -0.2) is 0 Å². The maximum atomic E-state index is 9.72. The van der Waals surface area contributed by atoms with Gasteiger partial charge in [0.1, 0.15) is 5.82 Å². The molecule has 21 heavy (non-hydrogen) atoms. The van der Waals surface area contributed by atoms with Crippen LogP contribution in [0.4, 0.5) is 5.69 Å². The van der Waals surface area contributed by atoms with Crippen molar-refractivity contribution in [2.75, 3.05) is 26.6 Å². The van der Waals surface area contributed by atoms with E-state index < -0.39 is 5.92 Å². The SMILES string of the molecule is COc1cc(OC)nc(C(CO)c2cccc(Cl)c2N)n1. The number of methoxy groups -OCH3 is 2. The molecule has 3 N–H and O–H groups in total. The molecule has 1 heterocycles. The van der Waals surface area contributed by atoms with Gasteiger partial charge in [0, 0.05) is 0 Å². The summed E-state index contributed by atoms with van der Waals surface area (Å²) in [5, 5.41) is 10.1. The number of hydrogen-bond donors (Lipinski definition) is 2. The van der Waals surface area contributed by atoms with Crippen molar-refractivity contribution >= 4 is 17.3 Å². The predicted molar refractivity (Wildman–Crippen MR) is 79.9 cm³/mol. The number of aliphatic hydroxyl groups is 1. The molecule has 1 atom stereocenters. The molecular formula is C14H16ClN3O3. The second-order valence-corrected chi connectivity index (χ2v) is 4.70. The van der Waals surface area contributed by atoms with Gasteiger partial charge in [0.05, 0.1) is 43.5 Å². The standard InChI is InChI=1S/C14H16ClN3O3/c1-20-11-6-12(21-2)18-14(17-11)9(7-19)8-4-3-5-10(15)13(8)16/h3-6,9,19H,7,16H2,1-2H3. The molecule has 0 spiro atoms. The zero-order valence-electron chi connectivity index (χ0n) is 11.7. The summed E-state index contributed by atoms with van der Waals surface area (Å²) in [5.41, 5.74) is 7.02. The van der Waals surface area contributed by atoms with Gasteiger partial charge >= 0.3 is 0 Å². The minimum absolute atomic E-state index is 0.221. The molecule has 7 heteroatoms. The fraction of sp³-hybridized carbons (Fsp3) is 0.286. The smallest absolute Gasteiger partial charge is 0.220 e. The molecule has 0 aliphatic heterocycles. The van der Waals surface area contributed by atoms with Gasteiger partial charge in [0.25, 0.3) is 0 Å². The van der Waals surface area contributed by atoms with E-state index >= 15 is 0 Å². The van der Waals surface area contributed by atoms with Gasteiger partial charge < -0.3 is 20.3 Å². The van der Waals surface area contributed by atoms with Crippen LogP contribution in [0.25, 0.3) is 0 Å². The van der Waals surface area contributed by atoms with E-state index in [9.17, 15) is 5.11 Å².